The average molecular weight is 518 g/mol. The molecule has 0 aliphatic heterocycles. The number of carbonyl (C=O) groups excluding carboxylic acids is 3. The number of nitrogens with zero attached hydrogens (tertiary/aromatic N) is 1. The summed E-state index contributed by atoms with van der Waals surface area (Å²) in [4.78, 5) is 36.8. The second-order valence-corrected chi connectivity index (χ2v) is 8.37. The normalized spacial score (nSPS) is 10.6. The Hall–Kier alpha value is -4.66. The summed E-state index contributed by atoms with van der Waals surface area (Å²) in [6.07, 6.45) is 3.41. The molecule has 0 unspecified atom stereocenters. The number of amides is 2. The summed E-state index contributed by atoms with van der Waals surface area (Å²) in [6, 6.07) is 18.7. The predicted molar refractivity (Wildman–Crippen MR) is 144 cm³/mol. The highest BCUT2D eigenvalue weighted by Crippen LogP contribution is 2.28. The van der Waals surface area contributed by atoms with Gasteiger partial charge in [-0.15, -0.1) is 0 Å². The lowest BCUT2D eigenvalue weighted by Gasteiger charge is -2.10. The molecule has 2 amide bonds. The predicted octanol–water partition coefficient (Wildman–Crippen LogP) is 4.28. The van der Waals surface area contributed by atoms with Gasteiger partial charge in [0.15, 0.2) is 11.5 Å². The quantitative estimate of drug-likeness (QED) is 0.122. The topological polar surface area (TPSA) is 115 Å². The Balaban J connectivity index is 1.51. The van der Waals surface area contributed by atoms with Gasteiger partial charge in [0, 0.05) is 5.56 Å². The Bertz CT molecular complexity index is 1290. The highest BCUT2D eigenvalue weighted by Gasteiger charge is 2.13. The number of ether oxygens (including phenoxy) is 3. The minimum atomic E-state index is -0.537. The number of esters is 1. The third-order valence-corrected chi connectivity index (χ3v) is 5.34. The van der Waals surface area contributed by atoms with Crippen molar-refractivity contribution in [3.05, 3.63) is 89.0 Å². The molecule has 0 saturated carbocycles. The number of rotatable bonds is 12. The fourth-order valence-electron chi connectivity index (χ4n) is 3.30. The van der Waals surface area contributed by atoms with E-state index in [0.717, 1.165) is 18.4 Å². The molecule has 9 nitrogen and oxygen atoms in total. The van der Waals surface area contributed by atoms with Crippen LogP contribution < -0.4 is 25.0 Å². The molecule has 0 aromatic heterocycles. The lowest BCUT2D eigenvalue weighted by Crippen LogP contribution is -2.34. The number of nitrogens with one attached hydrogen (secondary N) is 2. The molecule has 3 rings (SSSR count). The average Bonchev–Trinajstić information content (AvgIpc) is 2.93. The molecular formula is C29H31N3O6. The van der Waals surface area contributed by atoms with Crippen LogP contribution in [-0.2, 0) is 4.79 Å². The molecule has 0 bridgehead atoms. The molecule has 0 aliphatic rings. The minimum Gasteiger partial charge on any atom is -0.494 e. The summed E-state index contributed by atoms with van der Waals surface area (Å²) in [5.74, 6) is -0.123. The third kappa shape index (κ3) is 8.48. The lowest BCUT2D eigenvalue weighted by atomic mass is 10.1. The van der Waals surface area contributed by atoms with E-state index >= 15 is 0 Å². The SMILES string of the molecule is CCCCOc1ccc(C(=O)Oc2ccc(/C=N\NC(=O)CNC(=O)c3cccc(C)c3)cc2OC)cc1. The van der Waals surface area contributed by atoms with Gasteiger partial charge < -0.3 is 19.5 Å². The molecule has 0 radical (unpaired) electrons. The zero-order chi connectivity index (χ0) is 27.3. The molecule has 0 heterocycles. The molecule has 3 aromatic carbocycles. The van der Waals surface area contributed by atoms with E-state index in [1.54, 1.807) is 60.7 Å². The van der Waals surface area contributed by atoms with Crippen LogP contribution in [0.5, 0.6) is 17.2 Å². The van der Waals surface area contributed by atoms with Crippen molar-refractivity contribution in [1.82, 2.24) is 10.7 Å². The van der Waals surface area contributed by atoms with Crippen molar-refractivity contribution in [2.24, 2.45) is 5.10 Å². The summed E-state index contributed by atoms with van der Waals surface area (Å²) in [7, 11) is 1.45. The molecule has 0 aliphatic carbocycles. The van der Waals surface area contributed by atoms with E-state index < -0.39 is 11.9 Å². The van der Waals surface area contributed by atoms with Crippen molar-refractivity contribution in [3.8, 4) is 17.2 Å². The number of unbranched alkanes of at least 4 members (excludes halogenated alkanes) is 1. The van der Waals surface area contributed by atoms with Crippen LogP contribution in [-0.4, -0.2) is 44.3 Å². The Morgan fingerprint density at radius 2 is 1.74 bits per heavy atom. The number of benzene rings is 3. The Kier molecular flexibility index (Phi) is 10.4. The van der Waals surface area contributed by atoms with E-state index in [1.807, 2.05) is 13.0 Å². The zero-order valence-corrected chi connectivity index (χ0v) is 21.7. The largest absolute Gasteiger partial charge is 0.494 e. The molecule has 198 valence electrons. The van der Waals surface area contributed by atoms with E-state index in [0.29, 0.717) is 34.8 Å². The molecule has 0 fully saturated rings. The van der Waals surface area contributed by atoms with E-state index in [1.165, 1.54) is 13.3 Å². The van der Waals surface area contributed by atoms with Gasteiger partial charge >= 0.3 is 5.97 Å². The summed E-state index contributed by atoms with van der Waals surface area (Å²) >= 11 is 0. The van der Waals surface area contributed by atoms with Crippen molar-refractivity contribution in [2.45, 2.75) is 26.7 Å². The van der Waals surface area contributed by atoms with E-state index in [-0.39, 0.29) is 18.2 Å². The number of hydrogen-bond donors (Lipinski definition) is 2. The molecular weight excluding hydrogens is 486 g/mol. The van der Waals surface area contributed by atoms with Gasteiger partial charge in [0.25, 0.3) is 11.8 Å². The zero-order valence-electron chi connectivity index (χ0n) is 21.7. The summed E-state index contributed by atoms with van der Waals surface area (Å²) in [5, 5.41) is 6.45. The van der Waals surface area contributed by atoms with Gasteiger partial charge in [-0.2, -0.15) is 5.10 Å². The first-order valence-electron chi connectivity index (χ1n) is 12.2. The van der Waals surface area contributed by atoms with Gasteiger partial charge in [0.05, 0.1) is 32.0 Å². The third-order valence-electron chi connectivity index (χ3n) is 5.34. The van der Waals surface area contributed by atoms with Crippen LogP contribution in [0, 0.1) is 6.92 Å². The first kappa shape index (κ1) is 27.9. The number of methoxy groups -OCH3 is 1. The summed E-state index contributed by atoms with van der Waals surface area (Å²) in [5.41, 5.74) is 4.75. The second-order valence-electron chi connectivity index (χ2n) is 8.37. The van der Waals surface area contributed by atoms with Gasteiger partial charge in [0.1, 0.15) is 5.75 Å². The maximum Gasteiger partial charge on any atom is 0.343 e. The van der Waals surface area contributed by atoms with Crippen molar-refractivity contribution in [3.63, 3.8) is 0 Å². The first-order valence-corrected chi connectivity index (χ1v) is 12.2. The van der Waals surface area contributed by atoms with Crippen molar-refractivity contribution in [2.75, 3.05) is 20.3 Å². The first-order chi connectivity index (χ1) is 18.4. The Labute approximate surface area is 221 Å². The van der Waals surface area contributed by atoms with Crippen molar-refractivity contribution in [1.29, 1.82) is 0 Å². The van der Waals surface area contributed by atoms with Crippen molar-refractivity contribution >= 4 is 24.0 Å². The van der Waals surface area contributed by atoms with E-state index in [9.17, 15) is 14.4 Å². The van der Waals surface area contributed by atoms with Crippen LogP contribution in [0.25, 0.3) is 0 Å². The second kappa shape index (κ2) is 14.2. The minimum absolute atomic E-state index is 0.228. The molecule has 9 heteroatoms. The van der Waals surface area contributed by atoms with Crippen LogP contribution in [0.1, 0.15) is 51.6 Å². The number of hydrogen-bond acceptors (Lipinski definition) is 7. The van der Waals surface area contributed by atoms with Gasteiger partial charge in [-0.05, 0) is 73.5 Å². The van der Waals surface area contributed by atoms with E-state index in [2.05, 4.69) is 22.8 Å². The van der Waals surface area contributed by atoms with Crippen LogP contribution in [0.3, 0.4) is 0 Å². The highest BCUT2D eigenvalue weighted by molar-refractivity contribution is 5.96. The molecule has 0 saturated heterocycles. The van der Waals surface area contributed by atoms with Crippen LogP contribution in [0.15, 0.2) is 71.8 Å². The highest BCUT2D eigenvalue weighted by atomic mass is 16.6. The van der Waals surface area contributed by atoms with Crippen LogP contribution >= 0.6 is 0 Å². The fraction of sp³-hybridized carbons (Fsp3) is 0.241. The van der Waals surface area contributed by atoms with Crippen LogP contribution in [0.2, 0.25) is 0 Å². The molecule has 3 aromatic rings. The fourth-order valence-corrected chi connectivity index (χ4v) is 3.30. The maximum absolute atomic E-state index is 12.6. The van der Waals surface area contributed by atoms with Gasteiger partial charge in [-0.25, -0.2) is 10.2 Å². The molecule has 2 N–H and O–H groups in total. The molecule has 38 heavy (non-hydrogen) atoms. The van der Waals surface area contributed by atoms with E-state index in [4.69, 9.17) is 14.2 Å². The number of carbonyl (C=O) groups is 3. The van der Waals surface area contributed by atoms with Crippen LogP contribution in [0.4, 0.5) is 0 Å². The molecule has 0 atom stereocenters. The summed E-state index contributed by atoms with van der Waals surface area (Å²) < 4.78 is 16.5. The monoisotopic (exact) mass is 517 g/mol. The Morgan fingerprint density at radius 1 is 0.947 bits per heavy atom. The summed E-state index contributed by atoms with van der Waals surface area (Å²) in [6.45, 7) is 4.37. The number of aryl methyl sites for hydroxylation is 1. The number of hydrazone groups is 1. The standard InChI is InChI=1S/C29H31N3O6/c1-4-5-15-37-24-12-10-22(11-13-24)29(35)38-25-14-9-21(17-26(25)36-3)18-31-32-27(33)19-30-28(34)23-8-6-7-20(2)16-23/h6-14,16-18H,4-5,15,19H2,1-3H3,(H,30,34)(H,32,33)/b31-18-. The van der Waals surface area contributed by atoms with Crippen molar-refractivity contribution < 1.29 is 28.6 Å². The Morgan fingerprint density at radius 3 is 2.45 bits per heavy atom. The smallest absolute Gasteiger partial charge is 0.343 e. The van der Waals surface area contributed by atoms with Gasteiger partial charge in [0.2, 0.25) is 0 Å². The lowest BCUT2D eigenvalue weighted by molar-refractivity contribution is -0.120. The van der Waals surface area contributed by atoms with Gasteiger partial charge in [-0.3, -0.25) is 9.59 Å². The maximum atomic E-state index is 12.6. The van der Waals surface area contributed by atoms with Gasteiger partial charge in [-0.1, -0.05) is 31.0 Å². The molecule has 0 spiro atoms.